The molecule has 0 heterocycles. The Bertz CT molecular complexity index is 627. The molecule has 0 rings (SSSR count). The summed E-state index contributed by atoms with van der Waals surface area (Å²) in [6.07, 6.45) is 4.30. The molecule has 234 valence electrons. The number of amides is 5. The van der Waals surface area contributed by atoms with E-state index in [4.69, 9.17) is 27.7 Å². The van der Waals surface area contributed by atoms with Crippen LogP contribution >= 0.6 is 0 Å². The van der Waals surface area contributed by atoms with Crippen molar-refractivity contribution in [2.45, 2.75) is 34.1 Å². The van der Waals surface area contributed by atoms with Crippen molar-refractivity contribution in [1.82, 2.24) is 5.32 Å². The molecule has 0 aliphatic heterocycles. The number of hydrogen-bond donors (Lipinski definition) is 8. The smallest absolute Gasteiger partial charge is 0.243 e. The Labute approximate surface area is 239 Å². The highest BCUT2D eigenvalue weighted by molar-refractivity contribution is 5.90. The van der Waals surface area contributed by atoms with Crippen molar-refractivity contribution in [3.8, 4) is 0 Å². The quantitative estimate of drug-likeness (QED) is 0.104. The Hall–Kier alpha value is -4.11. The van der Waals surface area contributed by atoms with E-state index in [1.165, 1.54) is 0 Å². The van der Waals surface area contributed by atoms with E-state index in [2.05, 4.69) is 62.3 Å². The third-order valence-electron chi connectivity index (χ3n) is 2.64. The van der Waals surface area contributed by atoms with Gasteiger partial charge in [-0.05, 0) is 45.4 Å². The van der Waals surface area contributed by atoms with Crippen LogP contribution in [0.25, 0.3) is 0 Å². The van der Waals surface area contributed by atoms with Crippen LogP contribution in [0.2, 0.25) is 0 Å². The summed E-state index contributed by atoms with van der Waals surface area (Å²) in [4.78, 5) is 48.1. The minimum atomic E-state index is -0.481. The molecule has 0 unspecified atom stereocenters. The van der Waals surface area contributed by atoms with Crippen LogP contribution in [0.3, 0.4) is 0 Å². The first-order valence-corrected chi connectivity index (χ1v) is 11.8. The van der Waals surface area contributed by atoms with Gasteiger partial charge in [0.1, 0.15) is 0 Å². The molecule has 0 aliphatic carbocycles. The zero-order chi connectivity index (χ0) is 33.5. The van der Waals surface area contributed by atoms with Crippen molar-refractivity contribution in [2.24, 2.45) is 40.1 Å². The monoisotopic (exact) mass is 574 g/mol. The van der Waals surface area contributed by atoms with Crippen LogP contribution in [-0.4, -0.2) is 68.9 Å². The Morgan fingerprint density at radius 1 is 0.675 bits per heavy atom. The number of rotatable bonds is 12. The molecule has 0 spiro atoms. The molecule has 0 saturated carbocycles. The van der Waals surface area contributed by atoms with Gasteiger partial charge in [-0.1, -0.05) is 39.8 Å². The van der Waals surface area contributed by atoms with Gasteiger partial charge in [-0.25, -0.2) is 0 Å². The first-order valence-electron chi connectivity index (χ1n) is 11.8. The standard InChI is InChI=1S/C5H12O.C4H13N3.2C4H7NO.3C3H5NO/c1-3-5-6-4-2;5-1-3-7-4-2-6;2*1-3(2)4(5)6;3*1-2-3(4)5/h3-5H2,1-2H3;7H,1-6H2;2*1H2,2H3,(H2,5,6);3*2H,1H2,(H2,4,5). The van der Waals surface area contributed by atoms with Crippen molar-refractivity contribution in [2.75, 3.05) is 39.4 Å². The summed E-state index contributed by atoms with van der Waals surface area (Å²) in [5.74, 6) is -2.31. The van der Waals surface area contributed by atoms with Crippen LogP contribution in [0, 0.1) is 0 Å². The summed E-state index contributed by atoms with van der Waals surface area (Å²) in [5.41, 5.74) is 34.1. The van der Waals surface area contributed by atoms with Crippen molar-refractivity contribution in [1.29, 1.82) is 0 Å². The van der Waals surface area contributed by atoms with Crippen molar-refractivity contribution in [3.63, 3.8) is 0 Å². The zero-order valence-corrected chi connectivity index (χ0v) is 24.7. The number of carbonyl (C=O) groups is 5. The second-order valence-electron chi connectivity index (χ2n) is 6.63. The van der Waals surface area contributed by atoms with Gasteiger partial charge in [0.2, 0.25) is 29.5 Å². The molecule has 0 saturated heterocycles. The summed E-state index contributed by atoms with van der Waals surface area (Å²) in [6, 6.07) is 0. The molecule has 0 aliphatic rings. The molecule has 5 amide bonds. The molecule has 0 bridgehead atoms. The molecule has 15 N–H and O–H groups in total. The Kier molecular flexibility index (Phi) is 62.8. The highest BCUT2D eigenvalue weighted by atomic mass is 16.5. The van der Waals surface area contributed by atoms with E-state index in [-0.39, 0.29) is 0 Å². The minimum absolute atomic E-state index is 0.398. The van der Waals surface area contributed by atoms with E-state index in [9.17, 15) is 24.0 Å². The number of nitrogens with one attached hydrogen (secondary N) is 1. The number of carbonyl (C=O) groups excluding carboxylic acids is 5. The Balaban J connectivity index is -0.0000000637. The SMILES string of the molecule is C=C(C)C(N)=O.C=C(C)C(N)=O.C=CC(N)=O.C=CC(N)=O.C=CC(N)=O.CCCOCC.NCCNCCN. The van der Waals surface area contributed by atoms with Crippen molar-refractivity contribution >= 4 is 29.5 Å². The maximum Gasteiger partial charge on any atom is 0.243 e. The average Bonchev–Trinajstić information content (AvgIpc) is 2.89. The Morgan fingerprint density at radius 2 is 0.900 bits per heavy atom. The first kappa shape index (κ1) is 52.3. The van der Waals surface area contributed by atoms with Gasteiger partial charge in [0.25, 0.3) is 0 Å². The first-order chi connectivity index (χ1) is 18.4. The van der Waals surface area contributed by atoms with Crippen LogP contribution in [0.5, 0.6) is 0 Å². The van der Waals surface area contributed by atoms with E-state index in [1.54, 1.807) is 13.8 Å². The van der Waals surface area contributed by atoms with Crippen LogP contribution in [0.1, 0.15) is 34.1 Å². The van der Waals surface area contributed by atoms with Gasteiger partial charge in [-0.3, -0.25) is 24.0 Å². The third-order valence-corrected chi connectivity index (χ3v) is 2.64. The number of hydrogen-bond acceptors (Lipinski definition) is 9. The predicted molar refractivity (Wildman–Crippen MR) is 164 cm³/mol. The largest absolute Gasteiger partial charge is 0.382 e. The van der Waals surface area contributed by atoms with Gasteiger partial charge in [-0.15, -0.1) is 0 Å². The van der Waals surface area contributed by atoms with Crippen LogP contribution in [-0.2, 0) is 28.7 Å². The molecule has 0 atom stereocenters. The van der Waals surface area contributed by atoms with E-state index in [0.29, 0.717) is 24.2 Å². The number of primary amides is 5. The molecule has 0 aromatic rings. The lowest BCUT2D eigenvalue weighted by molar-refractivity contribution is -0.115. The van der Waals surface area contributed by atoms with E-state index < -0.39 is 29.5 Å². The summed E-state index contributed by atoms with van der Waals surface area (Å²) < 4.78 is 4.98. The molecular weight excluding hydrogens is 520 g/mol. The van der Waals surface area contributed by atoms with Crippen LogP contribution in [0.4, 0.5) is 0 Å². The second-order valence-corrected chi connectivity index (χ2v) is 6.63. The summed E-state index contributed by atoms with van der Waals surface area (Å²) in [7, 11) is 0. The Morgan fingerprint density at radius 3 is 0.975 bits per heavy atom. The van der Waals surface area contributed by atoms with Gasteiger partial charge in [-0.2, -0.15) is 0 Å². The number of nitrogens with two attached hydrogens (primary N) is 7. The third kappa shape index (κ3) is 129. The highest BCUT2D eigenvalue weighted by Gasteiger charge is 1.87. The van der Waals surface area contributed by atoms with Gasteiger partial charge < -0.3 is 50.2 Å². The lowest BCUT2D eigenvalue weighted by Crippen LogP contribution is -2.27. The van der Waals surface area contributed by atoms with Crippen molar-refractivity contribution in [3.05, 3.63) is 62.3 Å². The van der Waals surface area contributed by atoms with Gasteiger partial charge in [0, 0.05) is 50.5 Å². The maximum atomic E-state index is 9.82. The molecular formula is C26H54N8O6. The molecule has 40 heavy (non-hydrogen) atoms. The van der Waals surface area contributed by atoms with Crippen molar-refractivity contribution < 1.29 is 28.7 Å². The molecule has 0 aromatic heterocycles. The normalized spacial score (nSPS) is 7.65. The topological polar surface area (TPSA) is 289 Å². The fraction of sp³-hybridized carbons (Fsp3) is 0.423. The van der Waals surface area contributed by atoms with E-state index >= 15 is 0 Å². The fourth-order valence-corrected chi connectivity index (χ4v) is 0.618. The summed E-state index contributed by atoms with van der Waals surface area (Å²) in [6.45, 7) is 28.0. The van der Waals surface area contributed by atoms with E-state index in [1.807, 2.05) is 6.92 Å². The fourth-order valence-electron chi connectivity index (χ4n) is 0.618. The van der Waals surface area contributed by atoms with Gasteiger partial charge in [0.05, 0.1) is 0 Å². The average molecular weight is 575 g/mol. The molecule has 14 heteroatoms. The van der Waals surface area contributed by atoms with Crippen LogP contribution in [0.15, 0.2) is 62.3 Å². The lowest BCUT2D eigenvalue weighted by Gasteiger charge is -1.95. The van der Waals surface area contributed by atoms with Gasteiger partial charge in [0.15, 0.2) is 0 Å². The van der Waals surface area contributed by atoms with Gasteiger partial charge >= 0.3 is 0 Å². The zero-order valence-electron chi connectivity index (χ0n) is 24.7. The number of ether oxygens (including phenoxy) is 1. The highest BCUT2D eigenvalue weighted by Crippen LogP contribution is 1.78. The lowest BCUT2D eigenvalue weighted by atomic mass is 10.3. The second kappa shape index (κ2) is 48.0. The maximum absolute atomic E-state index is 9.82. The molecule has 0 radical (unpaired) electrons. The molecule has 0 fully saturated rings. The minimum Gasteiger partial charge on any atom is -0.382 e. The summed E-state index contributed by atoms with van der Waals surface area (Å²) >= 11 is 0. The molecule has 14 nitrogen and oxygen atoms in total. The van der Waals surface area contributed by atoms with E-state index in [0.717, 1.165) is 51.0 Å². The molecule has 0 aromatic carbocycles. The predicted octanol–water partition coefficient (Wildman–Crippen LogP) is -1.00. The van der Waals surface area contributed by atoms with Crippen LogP contribution < -0.4 is 45.5 Å². The summed E-state index contributed by atoms with van der Waals surface area (Å²) in [5, 5.41) is 3.03.